The maximum Gasteiger partial charge on any atom is 0.279 e. The van der Waals surface area contributed by atoms with E-state index in [1.165, 1.54) is 28.7 Å². The number of hydrogen-bond donors (Lipinski definition) is 2. The molecular weight excluding hydrogens is 300 g/mol. The van der Waals surface area contributed by atoms with Crippen LogP contribution < -0.4 is 10.9 Å². The van der Waals surface area contributed by atoms with Gasteiger partial charge in [-0.3, -0.25) is 20.4 Å². The van der Waals surface area contributed by atoms with E-state index in [2.05, 4.69) is 10.9 Å². The number of aryl methyl sites for hydroxylation is 2. The number of nitrogens with one attached hydrogen (secondary N) is 2. The smallest absolute Gasteiger partial charge is 0.272 e. The molecule has 1 aromatic rings. The SMILES string of the molecule is C[C@H](C(=O)NNC(=O)c1cc2c(s1)CCC2)S(C)(=O)=O. The Morgan fingerprint density at radius 3 is 2.60 bits per heavy atom. The summed E-state index contributed by atoms with van der Waals surface area (Å²) in [4.78, 5) is 25.2. The first-order chi connectivity index (χ1) is 9.29. The third kappa shape index (κ3) is 3.18. The predicted molar refractivity (Wildman–Crippen MR) is 76.3 cm³/mol. The molecule has 0 aromatic carbocycles. The Balaban J connectivity index is 1.93. The van der Waals surface area contributed by atoms with Crippen molar-refractivity contribution >= 4 is 33.0 Å². The summed E-state index contributed by atoms with van der Waals surface area (Å²) < 4.78 is 22.4. The maximum atomic E-state index is 11.9. The van der Waals surface area contributed by atoms with Crippen LogP contribution in [0.3, 0.4) is 0 Å². The number of rotatable bonds is 3. The van der Waals surface area contributed by atoms with Crippen molar-refractivity contribution in [3.05, 3.63) is 21.4 Å². The maximum absolute atomic E-state index is 11.9. The second kappa shape index (κ2) is 5.53. The molecule has 1 aliphatic rings. The lowest BCUT2D eigenvalue weighted by Gasteiger charge is -2.10. The molecule has 1 aromatic heterocycles. The van der Waals surface area contributed by atoms with Crippen LogP contribution in [-0.4, -0.2) is 31.7 Å². The van der Waals surface area contributed by atoms with Crippen molar-refractivity contribution in [3.8, 4) is 0 Å². The van der Waals surface area contributed by atoms with Gasteiger partial charge in [-0.25, -0.2) is 8.42 Å². The standard InChI is InChI=1S/C12H16N2O4S2/c1-7(20(2,17)18)11(15)13-14-12(16)10-6-8-4-3-5-9(8)19-10/h6-7H,3-5H2,1-2H3,(H,13,15)(H,14,16)/t7-/m1/s1. The highest BCUT2D eigenvalue weighted by Gasteiger charge is 2.24. The number of carbonyl (C=O) groups excluding carboxylic acids is 2. The van der Waals surface area contributed by atoms with Gasteiger partial charge in [0.25, 0.3) is 11.8 Å². The van der Waals surface area contributed by atoms with Crippen LogP contribution in [0.1, 0.15) is 33.5 Å². The normalized spacial score (nSPS) is 15.5. The molecule has 0 saturated heterocycles. The Labute approximate surface area is 121 Å². The molecule has 0 spiro atoms. The zero-order valence-corrected chi connectivity index (χ0v) is 12.9. The number of thiophene rings is 1. The minimum atomic E-state index is -3.47. The number of sulfone groups is 1. The summed E-state index contributed by atoms with van der Waals surface area (Å²) in [5.41, 5.74) is 5.58. The fourth-order valence-corrected chi connectivity index (χ4v) is 3.51. The fourth-order valence-electron chi connectivity index (χ4n) is 1.92. The van der Waals surface area contributed by atoms with Gasteiger partial charge in [-0.2, -0.15) is 0 Å². The van der Waals surface area contributed by atoms with Crippen molar-refractivity contribution in [2.75, 3.05) is 6.26 Å². The van der Waals surface area contributed by atoms with Crippen molar-refractivity contribution in [1.29, 1.82) is 0 Å². The van der Waals surface area contributed by atoms with Crippen LogP contribution in [0.15, 0.2) is 6.07 Å². The molecule has 0 fully saturated rings. The van der Waals surface area contributed by atoms with Crippen LogP contribution in [0.2, 0.25) is 0 Å². The first kappa shape index (κ1) is 15.0. The Morgan fingerprint density at radius 1 is 1.30 bits per heavy atom. The van der Waals surface area contributed by atoms with Gasteiger partial charge in [-0.15, -0.1) is 11.3 Å². The second-order valence-electron chi connectivity index (χ2n) is 4.83. The average Bonchev–Trinajstić information content (AvgIpc) is 2.93. The molecule has 0 bridgehead atoms. The van der Waals surface area contributed by atoms with Gasteiger partial charge in [-0.1, -0.05) is 0 Å². The molecule has 110 valence electrons. The number of fused-ring (bicyclic) bond motifs is 1. The first-order valence-electron chi connectivity index (χ1n) is 6.19. The molecule has 0 unspecified atom stereocenters. The number of hydrazine groups is 1. The van der Waals surface area contributed by atoms with Crippen molar-refractivity contribution in [3.63, 3.8) is 0 Å². The van der Waals surface area contributed by atoms with Crippen LogP contribution in [0.4, 0.5) is 0 Å². The molecule has 6 nitrogen and oxygen atoms in total. The summed E-state index contributed by atoms with van der Waals surface area (Å²) in [7, 11) is -3.47. The van der Waals surface area contributed by atoms with Gasteiger partial charge in [0.15, 0.2) is 9.84 Å². The molecule has 1 atom stereocenters. The zero-order valence-electron chi connectivity index (χ0n) is 11.2. The van der Waals surface area contributed by atoms with E-state index < -0.39 is 26.9 Å². The van der Waals surface area contributed by atoms with Gasteiger partial charge in [0.05, 0.1) is 4.88 Å². The molecule has 0 radical (unpaired) electrons. The zero-order chi connectivity index (χ0) is 14.9. The molecule has 2 rings (SSSR count). The summed E-state index contributed by atoms with van der Waals surface area (Å²) in [5.74, 6) is -1.16. The highest BCUT2D eigenvalue weighted by molar-refractivity contribution is 7.92. The molecule has 2 N–H and O–H groups in total. The van der Waals surface area contributed by atoms with E-state index in [4.69, 9.17) is 0 Å². The Hall–Kier alpha value is -1.41. The van der Waals surface area contributed by atoms with E-state index in [0.29, 0.717) is 4.88 Å². The van der Waals surface area contributed by atoms with Gasteiger partial charge in [-0.05, 0) is 37.8 Å². The van der Waals surface area contributed by atoms with Gasteiger partial charge in [0.2, 0.25) is 0 Å². The van der Waals surface area contributed by atoms with E-state index in [1.54, 1.807) is 0 Å². The molecule has 2 amide bonds. The second-order valence-corrected chi connectivity index (χ2v) is 8.33. The minimum absolute atomic E-state index is 0.418. The number of hydrogen-bond acceptors (Lipinski definition) is 5. The molecule has 1 aliphatic carbocycles. The van der Waals surface area contributed by atoms with E-state index in [-0.39, 0.29) is 0 Å². The van der Waals surface area contributed by atoms with E-state index in [0.717, 1.165) is 25.5 Å². The summed E-state index contributed by atoms with van der Waals surface area (Å²) in [6.45, 7) is 1.27. The molecule has 1 heterocycles. The summed E-state index contributed by atoms with van der Waals surface area (Å²) >= 11 is 1.41. The van der Waals surface area contributed by atoms with Crippen LogP contribution in [0, 0.1) is 0 Å². The van der Waals surface area contributed by atoms with Crippen molar-refractivity contribution in [1.82, 2.24) is 10.9 Å². The van der Waals surface area contributed by atoms with Gasteiger partial charge < -0.3 is 0 Å². The van der Waals surface area contributed by atoms with Crippen molar-refractivity contribution in [2.24, 2.45) is 0 Å². The van der Waals surface area contributed by atoms with Gasteiger partial charge in [0.1, 0.15) is 5.25 Å². The summed E-state index contributed by atoms with van der Waals surface area (Å²) in [5, 5.41) is -1.20. The van der Waals surface area contributed by atoms with Gasteiger partial charge in [0, 0.05) is 11.1 Å². The van der Waals surface area contributed by atoms with E-state index in [9.17, 15) is 18.0 Å². The monoisotopic (exact) mass is 316 g/mol. The lowest BCUT2D eigenvalue weighted by molar-refractivity contribution is -0.121. The molecule has 0 saturated carbocycles. The largest absolute Gasteiger partial charge is 0.279 e. The Morgan fingerprint density at radius 2 is 2.00 bits per heavy atom. The Kier molecular flexibility index (Phi) is 4.14. The lowest BCUT2D eigenvalue weighted by atomic mass is 10.2. The minimum Gasteiger partial charge on any atom is -0.272 e. The van der Waals surface area contributed by atoms with Gasteiger partial charge >= 0.3 is 0 Å². The fraction of sp³-hybridized carbons (Fsp3) is 0.500. The highest BCUT2D eigenvalue weighted by atomic mass is 32.2. The number of carbonyl (C=O) groups is 2. The van der Waals surface area contributed by atoms with Crippen LogP contribution >= 0.6 is 11.3 Å². The van der Waals surface area contributed by atoms with E-state index >= 15 is 0 Å². The lowest BCUT2D eigenvalue weighted by Crippen LogP contribution is -2.47. The summed E-state index contributed by atoms with van der Waals surface area (Å²) in [6, 6.07) is 1.83. The number of amides is 2. The molecule has 8 heteroatoms. The molecular formula is C12H16N2O4S2. The first-order valence-corrected chi connectivity index (χ1v) is 8.97. The highest BCUT2D eigenvalue weighted by Crippen LogP contribution is 2.30. The van der Waals surface area contributed by atoms with Crippen molar-refractivity contribution in [2.45, 2.75) is 31.4 Å². The van der Waals surface area contributed by atoms with Crippen LogP contribution in [0.25, 0.3) is 0 Å². The Bertz CT molecular complexity index is 627. The van der Waals surface area contributed by atoms with Crippen LogP contribution in [0.5, 0.6) is 0 Å². The third-order valence-electron chi connectivity index (χ3n) is 3.28. The third-order valence-corrected chi connectivity index (χ3v) is 6.02. The molecule has 20 heavy (non-hydrogen) atoms. The van der Waals surface area contributed by atoms with Crippen molar-refractivity contribution < 1.29 is 18.0 Å². The topological polar surface area (TPSA) is 92.3 Å². The van der Waals surface area contributed by atoms with E-state index in [1.807, 2.05) is 6.07 Å². The average molecular weight is 316 g/mol. The molecule has 0 aliphatic heterocycles. The quantitative estimate of drug-likeness (QED) is 0.791. The predicted octanol–water partition coefficient (Wildman–Crippen LogP) is 0.431. The van der Waals surface area contributed by atoms with Crippen LogP contribution in [-0.2, 0) is 27.5 Å². The summed E-state index contributed by atoms with van der Waals surface area (Å²) in [6.07, 6.45) is 4.07.